The molecule has 2 atom stereocenters. The number of hydrogen-bond acceptors (Lipinski definition) is 3. The Kier molecular flexibility index (Phi) is 3.02. The van der Waals surface area contributed by atoms with E-state index in [0.29, 0.717) is 0 Å². The van der Waals surface area contributed by atoms with Gasteiger partial charge in [0.1, 0.15) is 0 Å². The summed E-state index contributed by atoms with van der Waals surface area (Å²) in [5.41, 5.74) is 1.32. The Morgan fingerprint density at radius 3 is 2.47 bits per heavy atom. The molecule has 1 saturated heterocycles. The predicted molar refractivity (Wildman–Crippen MR) is 70.2 cm³/mol. The van der Waals surface area contributed by atoms with Gasteiger partial charge < -0.3 is 10.2 Å². The fourth-order valence-electron chi connectivity index (χ4n) is 2.72. The molecule has 17 heavy (non-hydrogen) atoms. The molecule has 2 heterocycles. The van der Waals surface area contributed by atoms with E-state index < -0.39 is 0 Å². The number of nitrogens with one attached hydrogen (secondary N) is 1. The molecular formula is C14H21N3. The molecular weight excluding hydrogens is 210 g/mol. The topological polar surface area (TPSA) is 28.2 Å². The third kappa shape index (κ3) is 2.60. The molecule has 0 amide bonds. The third-order valence-electron chi connectivity index (χ3n) is 4.08. The number of pyridine rings is 1. The van der Waals surface area contributed by atoms with Crippen molar-refractivity contribution in [3.63, 3.8) is 0 Å². The van der Waals surface area contributed by atoms with Crippen LogP contribution in [-0.2, 0) is 0 Å². The number of nitrogens with zero attached hydrogens (tertiary/aromatic N) is 2. The molecule has 92 valence electrons. The quantitative estimate of drug-likeness (QED) is 0.863. The summed E-state index contributed by atoms with van der Waals surface area (Å²) in [4.78, 5) is 6.54. The Morgan fingerprint density at radius 2 is 1.88 bits per heavy atom. The minimum absolute atomic E-state index is 0.739. The first-order chi connectivity index (χ1) is 8.33. The summed E-state index contributed by atoms with van der Waals surface area (Å²) in [5.74, 6) is 0.910. The van der Waals surface area contributed by atoms with Gasteiger partial charge in [0.25, 0.3) is 0 Å². The van der Waals surface area contributed by atoms with Crippen LogP contribution in [0.1, 0.15) is 26.2 Å². The van der Waals surface area contributed by atoms with Gasteiger partial charge in [-0.1, -0.05) is 6.92 Å². The van der Waals surface area contributed by atoms with E-state index in [2.05, 4.69) is 34.3 Å². The van der Waals surface area contributed by atoms with Crippen LogP contribution in [0.3, 0.4) is 0 Å². The highest BCUT2D eigenvalue weighted by Crippen LogP contribution is 2.30. The molecule has 0 aromatic carbocycles. The van der Waals surface area contributed by atoms with Crippen LogP contribution in [-0.4, -0.2) is 30.2 Å². The van der Waals surface area contributed by atoms with Gasteiger partial charge >= 0.3 is 0 Å². The molecule has 1 N–H and O–H groups in total. The SMILES string of the molecule is CC1CC1NC1CCN(c2ccncc2)CC1. The van der Waals surface area contributed by atoms with Crippen molar-refractivity contribution in [1.29, 1.82) is 0 Å². The minimum Gasteiger partial charge on any atom is -0.371 e. The molecule has 3 rings (SSSR count). The summed E-state index contributed by atoms with van der Waals surface area (Å²) in [7, 11) is 0. The second-order valence-electron chi connectivity index (χ2n) is 5.45. The number of hydrogen-bond donors (Lipinski definition) is 1. The standard InChI is InChI=1S/C14H21N3/c1-11-10-14(11)16-12-4-8-17(9-5-12)13-2-6-15-7-3-13/h2-3,6-7,11-12,14,16H,4-5,8-10H2,1H3. The fraction of sp³-hybridized carbons (Fsp3) is 0.643. The van der Waals surface area contributed by atoms with Gasteiger partial charge in [-0.25, -0.2) is 0 Å². The van der Waals surface area contributed by atoms with E-state index in [1.54, 1.807) is 0 Å². The molecule has 0 radical (unpaired) electrons. The van der Waals surface area contributed by atoms with Crippen molar-refractivity contribution in [2.75, 3.05) is 18.0 Å². The molecule has 0 spiro atoms. The molecule has 1 saturated carbocycles. The van der Waals surface area contributed by atoms with E-state index in [0.717, 1.165) is 18.0 Å². The van der Waals surface area contributed by atoms with Gasteiger partial charge in [-0.3, -0.25) is 4.98 Å². The fourth-order valence-corrected chi connectivity index (χ4v) is 2.72. The molecule has 1 aliphatic heterocycles. The van der Waals surface area contributed by atoms with Crippen molar-refractivity contribution in [1.82, 2.24) is 10.3 Å². The van der Waals surface area contributed by atoms with Crippen molar-refractivity contribution in [2.45, 2.75) is 38.3 Å². The molecule has 1 aliphatic carbocycles. The first kappa shape index (κ1) is 11.0. The van der Waals surface area contributed by atoms with Gasteiger partial charge in [-0.2, -0.15) is 0 Å². The van der Waals surface area contributed by atoms with Crippen molar-refractivity contribution in [2.24, 2.45) is 5.92 Å². The van der Waals surface area contributed by atoms with Crippen molar-refractivity contribution >= 4 is 5.69 Å². The highest BCUT2D eigenvalue weighted by Gasteiger charge is 2.34. The molecule has 2 fully saturated rings. The van der Waals surface area contributed by atoms with E-state index in [1.165, 1.54) is 38.0 Å². The normalized spacial score (nSPS) is 29.4. The lowest BCUT2D eigenvalue weighted by Crippen LogP contribution is -2.43. The van der Waals surface area contributed by atoms with Crippen LogP contribution < -0.4 is 10.2 Å². The monoisotopic (exact) mass is 231 g/mol. The summed E-state index contributed by atoms with van der Waals surface area (Å²) < 4.78 is 0. The number of aromatic nitrogens is 1. The molecule has 2 aliphatic rings. The van der Waals surface area contributed by atoms with Crippen LogP contribution in [0.2, 0.25) is 0 Å². The van der Waals surface area contributed by atoms with Crippen LogP contribution in [0.15, 0.2) is 24.5 Å². The summed E-state index contributed by atoms with van der Waals surface area (Å²) in [6.45, 7) is 4.68. The average molecular weight is 231 g/mol. The van der Waals surface area contributed by atoms with E-state index in [1.807, 2.05) is 12.4 Å². The highest BCUT2D eigenvalue weighted by atomic mass is 15.2. The van der Waals surface area contributed by atoms with Crippen molar-refractivity contribution in [3.8, 4) is 0 Å². The lowest BCUT2D eigenvalue weighted by Gasteiger charge is -2.34. The third-order valence-corrected chi connectivity index (χ3v) is 4.08. The zero-order valence-electron chi connectivity index (χ0n) is 10.5. The number of anilines is 1. The maximum absolute atomic E-state index is 4.07. The van der Waals surface area contributed by atoms with Gasteiger partial charge in [-0.05, 0) is 37.3 Å². The van der Waals surface area contributed by atoms with Gasteiger partial charge in [0, 0.05) is 43.3 Å². The van der Waals surface area contributed by atoms with Crippen LogP contribution in [0.5, 0.6) is 0 Å². The lowest BCUT2D eigenvalue weighted by molar-refractivity contribution is 0.406. The van der Waals surface area contributed by atoms with E-state index in [-0.39, 0.29) is 0 Å². The molecule has 1 aromatic rings. The Bertz CT molecular complexity index is 357. The van der Waals surface area contributed by atoms with Gasteiger partial charge in [0.05, 0.1) is 0 Å². The molecule has 2 unspecified atom stereocenters. The maximum Gasteiger partial charge on any atom is 0.0397 e. The molecule has 3 nitrogen and oxygen atoms in total. The minimum atomic E-state index is 0.739. The summed E-state index contributed by atoms with van der Waals surface area (Å²) in [5, 5.41) is 3.78. The van der Waals surface area contributed by atoms with Crippen LogP contribution >= 0.6 is 0 Å². The zero-order valence-corrected chi connectivity index (χ0v) is 10.5. The Hall–Kier alpha value is -1.09. The van der Waals surface area contributed by atoms with Crippen molar-refractivity contribution < 1.29 is 0 Å². The Morgan fingerprint density at radius 1 is 1.24 bits per heavy atom. The average Bonchev–Trinajstić information content (AvgIpc) is 3.07. The molecule has 3 heteroatoms. The Labute approximate surface area is 103 Å². The second-order valence-corrected chi connectivity index (χ2v) is 5.45. The van der Waals surface area contributed by atoms with E-state index in [9.17, 15) is 0 Å². The van der Waals surface area contributed by atoms with Crippen molar-refractivity contribution in [3.05, 3.63) is 24.5 Å². The summed E-state index contributed by atoms with van der Waals surface area (Å²) in [6, 6.07) is 5.77. The van der Waals surface area contributed by atoms with Gasteiger partial charge in [-0.15, -0.1) is 0 Å². The molecule has 0 bridgehead atoms. The van der Waals surface area contributed by atoms with Crippen LogP contribution in [0, 0.1) is 5.92 Å². The van der Waals surface area contributed by atoms with Gasteiger partial charge in [0.2, 0.25) is 0 Å². The first-order valence-electron chi connectivity index (χ1n) is 6.74. The van der Waals surface area contributed by atoms with Crippen LogP contribution in [0.25, 0.3) is 0 Å². The summed E-state index contributed by atoms with van der Waals surface area (Å²) >= 11 is 0. The number of piperidine rings is 1. The summed E-state index contributed by atoms with van der Waals surface area (Å²) in [6.07, 6.45) is 7.68. The first-order valence-corrected chi connectivity index (χ1v) is 6.74. The lowest BCUT2D eigenvalue weighted by atomic mass is 10.0. The van der Waals surface area contributed by atoms with Gasteiger partial charge in [0.15, 0.2) is 0 Å². The Balaban J connectivity index is 1.50. The predicted octanol–water partition coefficient (Wildman–Crippen LogP) is 2.05. The maximum atomic E-state index is 4.07. The molecule has 1 aromatic heterocycles. The van der Waals surface area contributed by atoms with E-state index >= 15 is 0 Å². The largest absolute Gasteiger partial charge is 0.371 e. The highest BCUT2D eigenvalue weighted by molar-refractivity contribution is 5.44. The number of rotatable bonds is 3. The second kappa shape index (κ2) is 4.65. The van der Waals surface area contributed by atoms with E-state index in [4.69, 9.17) is 0 Å². The zero-order chi connectivity index (χ0) is 11.7. The van der Waals surface area contributed by atoms with Crippen LogP contribution in [0.4, 0.5) is 5.69 Å². The smallest absolute Gasteiger partial charge is 0.0397 e.